The molecule has 2 atom stereocenters. The first kappa shape index (κ1) is 18.6. The second kappa shape index (κ2) is 8.04. The van der Waals surface area contributed by atoms with Gasteiger partial charge >= 0.3 is 0 Å². The number of hydrogen-bond donors (Lipinski definition) is 2. The number of nitrogens with zero attached hydrogens (tertiary/aromatic N) is 3. The molecule has 3 N–H and O–H groups in total. The lowest BCUT2D eigenvalue weighted by atomic mass is 10.0. The van der Waals surface area contributed by atoms with Gasteiger partial charge in [0.15, 0.2) is 5.82 Å². The third-order valence-electron chi connectivity index (χ3n) is 3.98. The van der Waals surface area contributed by atoms with Gasteiger partial charge in [-0.1, -0.05) is 12.0 Å². The predicted octanol–water partition coefficient (Wildman–Crippen LogP) is 3.66. The Bertz CT molecular complexity index is 956. The molecule has 3 heterocycles. The lowest BCUT2D eigenvalue weighted by molar-refractivity contribution is 0.304. The molecule has 0 saturated carbocycles. The van der Waals surface area contributed by atoms with Gasteiger partial charge in [-0.25, -0.2) is 8.91 Å². The van der Waals surface area contributed by atoms with E-state index in [2.05, 4.69) is 27.2 Å². The number of halogens is 2. The van der Waals surface area contributed by atoms with Gasteiger partial charge in [-0.3, -0.25) is 0 Å². The minimum atomic E-state index is -1.12. The summed E-state index contributed by atoms with van der Waals surface area (Å²) in [5, 5.41) is 9.68. The third kappa shape index (κ3) is 3.98. The summed E-state index contributed by atoms with van der Waals surface area (Å²) in [4.78, 5) is 5.48. The van der Waals surface area contributed by atoms with E-state index in [0.29, 0.717) is 24.5 Å². The topological polar surface area (TPSA) is 68.2 Å². The lowest BCUT2D eigenvalue weighted by Gasteiger charge is -2.11. The Hall–Kier alpha value is -2.14. The minimum absolute atomic E-state index is 0.107. The van der Waals surface area contributed by atoms with Crippen LogP contribution in [0.5, 0.6) is 0 Å². The highest BCUT2D eigenvalue weighted by molar-refractivity contribution is 7.09. The van der Waals surface area contributed by atoms with E-state index in [0.717, 1.165) is 11.1 Å². The van der Waals surface area contributed by atoms with Crippen molar-refractivity contribution in [1.29, 1.82) is 0 Å². The average Bonchev–Trinajstić information content (AvgIpc) is 3.22. The van der Waals surface area contributed by atoms with Crippen molar-refractivity contribution < 1.29 is 4.39 Å². The highest BCUT2D eigenvalue weighted by Gasteiger charge is 2.19. The predicted molar refractivity (Wildman–Crippen MR) is 104 cm³/mol. The molecule has 26 heavy (non-hydrogen) atoms. The summed E-state index contributed by atoms with van der Waals surface area (Å²) in [7, 11) is 0. The van der Waals surface area contributed by atoms with E-state index in [1.54, 1.807) is 22.8 Å². The highest BCUT2D eigenvalue weighted by atomic mass is 35.5. The van der Waals surface area contributed by atoms with Gasteiger partial charge in [-0.05, 0) is 60.9 Å². The summed E-state index contributed by atoms with van der Waals surface area (Å²) in [6, 6.07) is 5.32. The zero-order valence-corrected chi connectivity index (χ0v) is 16.0. The number of anilines is 1. The van der Waals surface area contributed by atoms with Crippen LogP contribution in [-0.2, 0) is 13.0 Å². The van der Waals surface area contributed by atoms with Crippen molar-refractivity contribution in [2.45, 2.75) is 39.0 Å². The van der Waals surface area contributed by atoms with Crippen LogP contribution in [0.3, 0.4) is 0 Å². The van der Waals surface area contributed by atoms with Gasteiger partial charge in [0.1, 0.15) is 17.4 Å². The Morgan fingerprint density at radius 2 is 2.31 bits per heavy atom. The summed E-state index contributed by atoms with van der Waals surface area (Å²) in [6.07, 6.45) is -0.765. The van der Waals surface area contributed by atoms with Gasteiger partial charge in [0, 0.05) is 10.9 Å². The minimum Gasteiger partial charge on any atom is -0.363 e. The SMILES string of the molecule is CC#Cc1c(C[C@@H](N)[C@H](C)F)cc2c(NCc3cccs3)nc(Cl)nn12. The summed E-state index contributed by atoms with van der Waals surface area (Å²) in [5.41, 5.74) is 8.13. The molecule has 0 spiro atoms. The van der Waals surface area contributed by atoms with E-state index in [1.807, 2.05) is 23.6 Å². The first-order valence-corrected chi connectivity index (χ1v) is 9.42. The molecule has 0 aliphatic heterocycles. The number of nitrogens with two attached hydrogens (primary N) is 1. The Morgan fingerprint density at radius 1 is 1.50 bits per heavy atom. The maximum Gasteiger partial charge on any atom is 0.243 e. The highest BCUT2D eigenvalue weighted by Crippen LogP contribution is 2.25. The van der Waals surface area contributed by atoms with Crippen LogP contribution in [-0.4, -0.2) is 26.8 Å². The molecular formula is C18H19ClFN5S. The molecule has 0 aromatic carbocycles. The van der Waals surface area contributed by atoms with Crippen LogP contribution >= 0.6 is 22.9 Å². The molecule has 0 aliphatic carbocycles. The van der Waals surface area contributed by atoms with Crippen molar-refractivity contribution in [3.05, 3.63) is 45.0 Å². The Balaban J connectivity index is 2.04. The number of hydrogen-bond acceptors (Lipinski definition) is 5. The van der Waals surface area contributed by atoms with E-state index in [-0.39, 0.29) is 5.28 Å². The molecule has 136 valence electrons. The van der Waals surface area contributed by atoms with Gasteiger partial charge in [0.25, 0.3) is 0 Å². The fourth-order valence-corrected chi connectivity index (χ4v) is 3.42. The number of fused-ring (bicyclic) bond motifs is 1. The van der Waals surface area contributed by atoms with Crippen molar-refractivity contribution in [3.8, 4) is 11.8 Å². The number of alkyl halides is 1. The summed E-state index contributed by atoms with van der Waals surface area (Å²) in [6.45, 7) is 3.81. The molecule has 0 radical (unpaired) electrons. The molecule has 3 aromatic rings. The van der Waals surface area contributed by atoms with Crippen LogP contribution < -0.4 is 11.1 Å². The molecule has 3 rings (SSSR count). The van der Waals surface area contributed by atoms with Crippen molar-refractivity contribution >= 4 is 34.3 Å². The van der Waals surface area contributed by atoms with Crippen LogP contribution in [0.25, 0.3) is 5.52 Å². The van der Waals surface area contributed by atoms with Crippen molar-refractivity contribution in [3.63, 3.8) is 0 Å². The van der Waals surface area contributed by atoms with E-state index in [4.69, 9.17) is 17.3 Å². The van der Waals surface area contributed by atoms with E-state index in [1.165, 1.54) is 11.8 Å². The molecule has 5 nitrogen and oxygen atoms in total. The van der Waals surface area contributed by atoms with Crippen molar-refractivity contribution in [2.75, 3.05) is 5.32 Å². The zero-order valence-electron chi connectivity index (χ0n) is 14.5. The van der Waals surface area contributed by atoms with E-state index < -0.39 is 12.2 Å². The first-order valence-electron chi connectivity index (χ1n) is 8.16. The molecule has 0 saturated heterocycles. The number of thiophene rings is 1. The zero-order chi connectivity index (χ0) is 18.7. The number of rotatable bonds is 6. The average molecular weight is 392 g/mol. The van der Waals surface area contributed by atoms with E-state index in [9.17, 15) is 4.39 Å². The Morgan fingerprint density at radius 3 is 2.96 bits per heavy atom. The largest absolute Gasteiger partial charge is 0.363 e. The number of nitrogens with one attached hydrogen (secondary N) is 1. The summed E-state index contributed by atoms with van der Waals surface area (Å²) >= 11 is 7.76. The normalized spacial score (nSPS) is 13.3. The summed E-state index contributed by atoms with van der Waals surface area (Å²) in [5.74, 6) is 6.50. The molecule has 0 fully saturated rings. The van der Waals surface area contributed by atoms with Crippen LogP contribution in [0.1, 0.15) is 30.0 Å². The second-order valence-electron chi connectivity index (χ2n) is 5.90. The quantitative estimate of drug-likeness (QED) is 0.629. The standard InChI is InChI=1S/C18H19ClFN5S/c1-3-5-15-12(8-14(21)11(2)20)9-16-17(23-18(19)24-25(15)16)22-10-13-6-4-7-26-13/h4,6-7,9,11,14H,8,10,21H2,1-2H3,(H,22,23,24)/t11-,14+/m0/s1. The fraction of sp³-hybridized carbons (Fsp3) is 0.333. The van der Waals surface area contributed by atoms with Gasteiger partial charge in [-0.15, -0.1) is 16.4 Å². The van der Waals surface area contributed by atoms with Crippen molar-refractivity contribution in [2.24, 2.45) is 5.73 Å². The second-order valence-corrected chi connectivity index (χ2v) is 7.27. The molecule has 0 unspecified atom stereocenters. The van der Waals surface area contributed by atoms with Crippen LogP contribution in [0, 0.1) is 11.8 Å². The molecular weight excluding hydrogens is 373 g/mol. The van der Waals surface area contributed by atoms with Gasteiger partial charge in [-0.2, -0.15) is 4.98 Å². The van der Waals surface area contributed by atoms with Crippen molar-refractivity contribution in [1.82, 2.24) is 14.6 Å². The smallest absolute Gasteiger partial charge is 0.243 e. The number of aromatic nitrogens is 3. The van der Waals surface area contributed by atoms with Gasteiger partial charge < -0.3 is 11.1 Å². The van der Waals surface area contributed by atoms with Gasteiger partial charge in [0.2, 0.25) is 5.28 Å². The Labute approximate surface area is 160 Å². The summed E-state index contributed by atoms with van der Waals surface area (Å²) < 4.78 is 15.2. The monoisotopic (exact) mass is 391 g/mol. The van der Waals surface area contributed by atoms with E-state index >= 15 is 0 Å². The molecule has 0 amide bonds. The molecule has 0 aliphatic rings. The molecule has 8 heteroatoms. The van der Waals surface area contributed by atoms with Crippen LogP contribution in [0.15, 0.2) is 23.6 Å². The maximum absolute atomic E-state index is 13.5. The van der Waals surface area contributed by atoms with Gasteiger partial charge in [0.05, 0.1) is 6.54 Å². The maximum atomic E-state index is 13.5. The van der Waals surface area contributed by atoms with Crippen LogP contribution in [0.2, 0.25) is 5.28 Å². The third-order valence-corrected chi connectivity index (χ3v) is 5.02. The van der Waals surface area contributed by atoms with Crippen LogP contribution in [0.4, 0.5) is 10.2 Å². The molecule has 0 bridgehead atoms. The lowest BCUT2D eigenvalue weighted by Crippen LogP contribution is -2.31. The molecule has 3 aromatic heterocycles. The first-order chi connectivity index (χ1) is 12.5. The Kier molecular flexibility index (Phi) is 5.77. The fourth-order valence-electron chi connectivity index (χ4n) is 2.62.